The molecule has 0 aromatic heterocycles. The van der Waals surface area contributed by atoms with Crippen LogP contribution in [-0.4, -0.2) is 17.8 Å². The summed E-state index contributed by atoms with van der Waals surface area (Å²) < 4.78 is 10.4. The summed E-state index contributed by atoms with van der Waals surface area (Å²) in [7, 11) is 0. The van der Waals surface area contributed by atoms with Gasteiger partial charge in [0.05, 0.1) is 0 Å². The Bertz CT molecular complexity index is 734. The average molecular weight is 335 g/mol. The number of hydrogen-bond acceptors (Lipinski definition) is 4. The second-order valence-electron chi connectivity index (χ2n) is 4.48. The third-order valence-corrected chi connectivity index (χ3v) is 3.42. The normalized spacial score (nSPS) is 11.9. The third kappa shape index (κ3) is 3.29. The molecule has 0 aliphatic carbocycles. The quantitative estimate of drug-likeness (QED) is 0.826. The number of nitrogens with one attached hydrogen (secondary N) is 2. The third-order valence-electron chi connectivity index (χ3n) is 2.96. The van der Waals surface area contributed by atoms with Crippen LogP contribution in [0.2, 0.25) is 5.02 Å². The summed E-state index contributed by atoms with van der Waals surface area (Å²) in [6.45, 7) is 0.164. The Morgan fingerprint density at radius 1 is 1.09 bits per heavy atom. The summed E-state index contributed by atoms with van der Waals surface area (Å²) in [5, 5.41) is 6.33. The van der Waals surface area contributed by atoms with Gasteiger partial charge in [-0.05, 0) is 54.7 Å². The number of ether oxygens (including phenoxy) is 2. The van der Waals surface area contributed by atoms with E-state index in [1.807, 2.05) is 0 Å². The van der Waals surface area contributed by atoms with E-state index in [4.69, 9.17) is 33.3 Å². The summed E-state index contributed by atoms with van der Waals surface area (Å²) in [5.74, 6) is 0.840. The van der Waals surface area contributed by atoms with Crippen LogP contribution >= 0.6 is 23.8 Å². The van der Waals surface area contributed by atoms with Crippen molar-refractivity contribution < 1.29 is 14.3 Å². The van der Waals surface area contributed by atoms with E-state index in [0.717, 1.165) is 5.69 Å². The Hall–Kier alpha value is -2.31. The van der Waals surface area contributed by atoms with Gasteiger partial charge in [0.15, 0.2) is 16.6 Å². The lowest BCUT2D eigenvalue weighted by molar-refractivity contribution is 0.0977. The van der Waals surface area contributed by atoms with Gasteiger partial charge in [0.25, 0.3) is 5.91 Å². The minimum absolute atomic E-state index is 0.164. The van der Waals surface area contributed by atoms with Gasteiger partial charge in [-0.15, -0.1) is 0 Å². The van der Waals surface area contributed by atoms with Crippen molar-refractivity contribution in [1.82, 2.24) is 5.32 Å². The molecule has 1 aliphatic heterocycles. The second-order valence-corrected chi connectivity index (χ2v) is 5.33. The summed E-state index contributed by atoms with van der Waals surface area (Å²) >= 11 is 10.9. The first kappa shape index (κ1) is 14.6. The number of benzene rings is 2. The Morgan fingerprint density at radius 3 is 2.59 bits per heavy atom. The molecule has 0 bridgehead atoms. The maximum atomic E-state index is 12.1. The summed E-state index contributed by atoms with van der Waals surface area (Å²) in [6.07, 6.45) is 0. The minimum atomic E-state index is -0.329. The van der Waals surface area contributed by atoms with Gasteiger partial charge in [-0.25, -0.2) is 0 Å². The number of anilines is 1. The zero-order valence-corrected chi connectivity index (χ0v) is 12.8. The highest BCUT2D eigenvalue weighted by molar-refractivity contribution is 7.80. The van der Waals surface area contributed by atoms with Crippen LogP contribution in [0.1, 0.15) is 10.4 Å². The fraction of sp³-hybridized carbons (Fsp3) is 0.0667. The first-order valence-electron chi connectivity index (χ1n) is 6.39. The van der Waals surface area contributed by atoms with Crippen LogP contribution in [0.5, 0.6) is 11.5 Å². The van der Waals surface area contributed by atoms with Crippen molar-refractivity contribution in [2.75, 3.05) is 12.1 Å². The van der Waals surface area contributed by atoms with Crippen LogP contribution < -0.4 is 20.1 Å². The molecule has 112 valence electrons. The van der Waals surface area contributed by atoms with Crippen LogP contribution in [0.3, 0.4) is 0 Å². The highest BCUT2D eigenvalue weighted by atomic mass is 35.5. The van der Waals surface area contributed by atoms with Gasteiger partial charge in [0.1, 0.15) is 0 Å². The van der Waals surface area contributed by atoms with Crippen molar-refractivity contribution >= 4 is 40.5 Å². The molecule has 7 heteroatoms. The Kier molecular flexibility index (Phi) is 4.13. The summed E-state index contributed by atoms with van der Waals surface area (Å²) in [6, 6.07) is 11.9. The predicted octanol–water partition coefficient (Wildman–Crippen LogP) is 3.20. The molecule has 2 aromatic rings. The number of thiocarbonyl (C=S) groups is 1. The SMILES string of the molecule is O=C(NC(=S)Nc1ccc(Cl)cc1)c1ccc2c(c1)OCO2. The summed E-state index contributed by atoms with van der Waals surface area (Å²) in [4.78, 5) is 12.1. The number of carbonyl (C=O) groups is 1. The molecule has 0 saturated carbocycles. The van der Waals surface area contributed by atoms with E-state index in [-0.39, 0.29) is 17.8 Å². The van der Waals surface area contributed by atoms with Gasteiger partial charge >= 0.3 is 0 Å². The van der Waals surface area contributed by atoms with E-state index in [1.54, 1.807) is 42.5 Å². The van der Waals surface area contributed by atoms with Crippen LogP contribution in [0.15, 0.2) is 42.5 Å². The molecule has 0 radical (unpaired) electrons. The van der Waals surface area contributed by atoms with Gasteiger partial charge in [-0.3, -0.25) is 10.1 Å². The lowest BCUT2D eigenvalue weighted by atomic mass is 10.2. The van der Waals surface area contributed by atoms with E-state index < -0.39 is 0 Å². The van der Waals surface area contributed by atoms with Gasteiger partial charge < -0.3 is 14.8 Å². The molecule has 0 saturated heterocycles. The molecule has 5 nitrogen and oxygen atoms in total. The van der Waals surface area contributed by atoms with Gasteiger partial charge in [0.2, 0.25) is 6.79 Å². The maximum Gasteiger partial charge on any atom is 0.257 e. The molecule has 22 heavy (non-hydrogen) atoms. The lowest BCUT2D eigenvalue weighted by Gasteiger charge is -2.10. The first-order valence-corrected chi connectivity index (χ1v) is 7.18. The van der Waals surface area contributed by atoms with Crippen LogP contribution in [-0.2, 0) is 0 Å². The number of amides is 1. The number of carbonyl (C=O) groups excluding carboxylic acids is 1. The molecular weight excluding hydrogens is 324 g/mol. The molecule has 0 fully saturated rings. The molecule has 1 heterocycles. The summed E-state index contributed by atoms with van der Waals surface area (Å²) in [5.41, 5.74) is 1.17. The molecule has 3 rings (SSSR count). The number of halogens is 1. The zero-order valence-electron chi connectivity index (χ0n) is 11.3. The van der Waals surface area contributed by atoms with Crippen molar-refractivity contribution in [3.8, 4) is 11.5 Å². The zero-order chi connectivity index (χ0) is 15.5. The van der Waals surface area contributed by atoms with E-state index in [1.165, 1.54) is 0 Å². The lowest BCUT2D eigenvalue weighted by Crippen LogP contribution is -2.34. The Morgan fingerprint density at radius 2 is 1.82 bits per heavy atom. The molecule has 2 N–H and O–H groups in total. The second kappa shape index (κ2) is 6.21. The highest BCUT2D eigenvalue weighted by Crippen LogP contribution is 2.32. The highest BCUT2D eigenvalue weighted by Gasteiger charge is 2.16. The maximum absolute atomic E-state index is 12.1. The van der Waals surface area contributed by atoms with E-state index >= 15 is 0 Å². The molecular formula is C15H11ClN2O3S. The van der Waals surface area contributed by atoms with Crippen molar-refractivity contribution in [2.24, 2.45) is 0 Å². The molecule has 1 aliphatic rings. The van der Waals surface area contributed by atoms with Crippen molar-refractivity contribution in [3.05, 3.63) is 53.1 Å². The van der Waals surface area contributed by atoms with Crippen LogP contribution in [0.4, 0.5) is 5.69 Å². The largest absolute Gasteiger partial charge is 0.454 e. The van der Waals surface area contributed by atoms with E-state index in [9.17, 15) is 4.79 Å². The molecule has 2 aromatic carbocycles. The van der Waals surface area contributed by atoms with Crippen LogP contribution in [0.25, 0.3) is 0 Å². The molecule has 0 unspecified atom stereocenters. The molecule has 0 spiro atoms. The van der Waals surface area contributed by atoms with Crippen molar-refractivity contribution in [1.29, 1.82) is 0 Å². The van der Waals surface area contributed by atoms with E-state index in [2.05, 4.69) is 10.6 Å². The first-order chi connectivity index (χ1) is 10.6. The van der Waals surface area contributed by atoms with Gasteiger partial charge in [0, 0.05) is 16.3 Å². The van der Waals surface area contributed by atoms with E-state index in [0.29, 0.717) is 22.1 Å². The predicted molar refractivity (Wildman–Crippen MR) is 87.7 cm³/mol. The standard InChI is InChI=1S/C15H11ClN2O3S/c16-10-2-4-11(5-3-10)17-15(22)18-14(19)9-1-6-12-13(7-9)21-8-20-12/h1-7H,8H2,(H2,17,18,19,22). The number of hydrogen-bond donors (Lipinski definition) is 2. The smallest absolute Gasteiger partial charge is 0.257 e. The molecule has 1 amide bonds. The van der Waals surface area contributed by atoms with Crippen molar-refractivity contribution in [2.45, 2.75) is 0 Å². The topological polar surface area (TPSA) is 59.6 Å². The Balaban J connectivity index is 1.63. The average Bonchev–Trinajstić information content (AvgIpc) is 2.97. The number of fused-ring (bicyclic) bond motifs is 1. The fourth-order valence-electron chi connectivity index (χ4n) is 1.91. The monoisotopic (exact) mass is 334 g/mol. The van der Waals surface area contributed by atoms with Gasteiger partial charge in [-0.2, -0.15) is 0 Å². The Labute approximate surface area is 137 Å². The van der Waals surface area contributed by atoms with Gasteiger partial charge in [-0.1, -0.05) is 11.6 Å². The molecule has 0 atom stereocenters. The van der Waals surface area contributed by atoms with Crippen LogP contribution in [0, 0.1) is 0 Å². The fourth-order valence-corrected chi connectivity index (χ4v) is 2.25. The minimum Gasteiger partial charge on any atom is -0.454 e. The number of rotatable bonds is 2. The van der Waals surface area contributed by atoms with Crippen molar-refractivity contribution in [3.63, 3.8) is 0 Å².